The molecular weight excluding hydrogens is 254 g/mol. The summed E-state index contributed by atoms with van der Waals surface area (Å²) in [6.45, 7) is 4.65. The first-order valence-electron chi connectivity index (χ1n) is 6.84. The zero-order valence-electron chi connectivity index (χ0n) is 12.7. The molecule has 2 amide bonds. The molecule has 5 heteroatoms. The van der Waals surface area contributed by atoms with Crippen LogP contribution >= 0.6 is 0 Å². The van der Waals surface area contributed by atoms with Gasteiger partial charge in [0.2, 0.25) is 0 Å². The second-order valence-electron chi connectivity index (χ2n) is 5.49. The quantitative estimate of drug-likeness (QED) is 0.745. The highest BCUT2D eigenvalue weighted by Crippen LogP contribution is 2.12. The van der Waals surface area contributed by atoms with Crippen LogP contribution in [0.15, 0.2) is 24.3 Å². The molecule has 3 N–H and O–H groups in total. The highest BCUT2D eigenvalue weighted by atomic mass is 16.3. The summed E-state index contributed by atoms with van der Waals surface area (Å²) in [5.41, 5.74) is 1.91. The van der Waals surface area contributed by atoms with E-state index in [4.69, 9.17) is 5.11 Å². The predicted octanol–water partition coefficient (Wildman–Crippen LogP) is 1.89. The zero-order chi connectivity index (χ0) is 15.1. The van der Waals surface area contributed by atoms with Gasteiger partial charge in [0.25, 0.3) is 0 Å². The van der Waals surface area contributed by atoms with Crippen LogP contribution in [0.2, 0.25) is 0 Å². The lowest BCUT2D eigenvalue weighted by Gasteiger charge is -2.19. The number of carbonyl (C=O) groups excluding carboxylic acids is 1. The van der Waals surface area contributed by atoms with Gasteiger partial charge < -0.3 is 20.6 Å². The van der Waals surface area contributed by atoms with Gasteiger partial charge in [0.15, 0.2) is 0 Å². The second kappa shape index (κ2) is 7.87. The lowest BCUT2D eigenvalue weighted by molar-refractivity contribution is 0.204. The summed E-state index contributed by atoms with van der Waals surface area (Å²) in [5.74, 6) is 0.0285. The van der Waals surface area contributed by atoms with Gasteiger partial charge in [-0.15, -0.1) is 0 Å². The molecule has 0 heterocycles. The maximum absolute atomic E-state index is 11.9. The summed E-state index contributed by atoms with van der Waals surface area (Å²) < 4.78 is 0. The number of hydrogen-bond acceptors (Lipinski definition) is 3. The van der Waals surface area contributed by atoms with Crippen molar-refractivity contribution in [1.29, 1.82) is 0 Å². The van der Waals surface area contributed by atoms with E-state index in [2.05, 4.69) is 15.5 Å². The zero-order valence-corrected chi connectivity index (χ0v) is 12.7. The Balaban J connectivity index is 2.57. The molecule has 0 spiro atoms. The van der Waals surface area contributed by atoms with Crippen molar-refractivity contribution >= 4 is 11.7 Å². The van der Waals surface area contributed by atoms with Gasteiger partial charge in [0, 0.05) is 24.9 Å². The van der Waals surface area contributed by atoms with Gasteiger partial charge in [-0.3, -0.25) is 0 Å². The Bertz CT molecular complexity index is 435. The number of amides is 2. The first-order valence-corrected chi connectivity index (χ1v) is 6.84. The third-order valence-corrected chi connectivity index (χ3v) is 3.18. The van der Waals surface area contributed by atoms with Crippen LogP contribution in [0, 0.1) is 5.92 Å². The monoisotopic (exact) mass is 279 g/mol. The Morgan fingerprint density at radius 1 is 1.35 bits per heavy atom. The minimum Gasteiger partial charge on any atom is -0.396 e. The fraction of sp³-hybridized carbons (Fsp3) is 0.533. The fourth-order valence-corrected chi connectivity index (χ4v) is 1.79. The van der Waals surface area contributed by atoms with Crippen molar-refractivity contribution in [3.63, 3.8) is 0 Å². The Morgan fingerprint density at radius 2 is 2.05 bits per heavy atom. The van der Waals surface area contributed by atoms with Crippen LogP contribution in [0.1, 0.15) is 19.4 Å². The molecule has 5 nitrogen and oxygen atoms in total. The van der Waals surface area contributed by atoms with Crippen molar-refractivity contribution in [2.24, 2.45) is 5.92 Å². The van der Waals surface area contributed by atoms with Gasteiger partial charge >= 0.3 is 6.03 Å². The van der Waals surface area contributed by atoms with Crippen LogP contribution in [0.4, 0.5) is 10.5 Å². The smallest absolute Gasteiger partial charge is 0.319 e. The number of anilines is 1. The Hall–Kier alpha value is -1.59. The molecule has 112 valence electrons. The van der Waals surface area contributed by atoms with Gasteiger partial charge in [0.1, 0.15) is 0 Å². The summed E-state index contributed by atoms with van der Waals surface area (Å²) in [6.07, 6.45) is 0. The van der Waals surface area contributed by atoms with Crippen LogP contribution in [0.25, 0.3) is 0 Å². The van der Waals surface area contributed by atoms with Gasteiger partial charge in [-0.25, -0.2) is 4.79 Å². The molecule has 1 aromatic rings. The van der Waals surface area contributed by atoms with Crippen LogP contribution in [0.5, 0.6) is 0 Å². The molecule has 0 aliphatic rings. The Labute approximate surface area is 121 Å². The number of nitrogens with zero attached hydrogens (tertiary/aromatic N) is 1. The first-order chi connectivity index (χ1) is 9.42. The van der Waals surface area contributed by atoms with Crippen LogP contribution in [-0.2, 0) is 6.54 Å². The van der Waals surface area contributed by atoms with Crippen LogP contribution in [0.3, 0.4) is 0 Å². The average Bonchev–Trinajstić information content (AvgIpc) is 2.37. The Kier molecular flexibility index (Phi) is 6.48. The maximum Gasteiger partial charge on any atom is 0.319 e. The van der Waals surface area contributed by atoms with E-state index in [9.17, 15) is 4.79 Å². The lowest BCUT2D eigenvalue weighted by atomic mass is 10.1. The number of aliphatic hydroxyl groups is 1. The average molecular weight is 279 g/mol. The number of benzene rings is 1. The number of nitrogens with one attached hydrogen (secondary N) is 2. The topological polar surface area (TPSA) is 64.6 Å². The van der Waals surface area contributed by atoms with E-state index in [1.165, 1.54) is 0 Å². The molecule has 0 aromatic heterocycles. The standard InChI is InChI=1S/C15H25N3O2/c1-11(10-19)12(2)16-15(20)17-14-7-5-6-13(8-14)9-18(3)4/h5-8,11-12,19H,9-10H2,1-4H3,(H2,16,17,20). The SMILES string of the molecule is CC(CO)C(C)NC(=O)Nc1cccc(CN(C)C)c1. The second-order valence-corrected chi connectivity index (χ2v) is 5.49. The summed E-state index contributed by atoms with van der Waals surface area (Å²) in [6, 6.07) is 7.44. The molecule has 2 unspecified atom stereocenters. The molecule has 2 atom stereocenters. The van der Waals surface area contributed by atoms with Crippen molar-refractivity contribution in [2.45, 2.75) is 26.4 Å². The maximum atomic E-state index is 11.9. The molecule has 1 rings (SSSR count). The number of aliphatic hydroxyl groups excluding tert-OH is 1. The number of carbonyl (C=O) groups is 1. The van der Waals surface area contributed by atoms with Gasteiger partial charge in [-0.05, 0) is 44.6 Å². The molecular formula is C15H25N3O2. The summed E-state index contributed by atoms with van der Waals surface area (Å²) in [7, 11) is 4.01. The van der Waals surface area contributed by atoms with Crippen LogP contribution in [-0.4, -0.2) is 42.8 Å². The van der Waals surface area contributed by atoms with Crippen LogP contribution < -0.4 is 10.6 Å². The summed E-state index contributed by atoms with van der Waals surface area (Å²) >= 11 is 0. The van der Waals surface area contributed by atoms with Crippen molar-refractivity contribution in [2.75, 3.05) is 26.0 Å². The molecule has 1 aromatic carbocycles. The van der Waals surface area contributed by atoms with Crippen molar-refractivity contribution in [1.82, 2.24) is 10.2 Å². The summed E-state index contributed by atoms with van der Waals surface area (Å²) in [5, 5.41) is 14.7. The Morgan fingerprint density at radius 3 is 2.65 bits per heavy atom. The normalized spacial score (nSPS) is 13.9. The minimum atomic E-state index is -0.250. The van der Waals surface area contributed by atoms with E-state index in [1.54, 1.807) is 0 Å². The highest BCUT2D eigenvalue weighted by molar-refractivity contribution is 5.89. The van der Waals surface area contributed by atoms with E-state index in [0.717, 1.165) is 17.8 Å². The van der Waals surface area contributed by atoms with Gasteiger partial charge in [-0.1, -0.05) is 19.1 Å². The molecule has 0 saturated heterocycles. The first kappa shape index (κ1) is 16.5. The number of urea groups is 1. The van der Waals surface area contributed by atoms with Crippen molar-refractivity contribution in [3.05, 3.63) is 29.8 Å². The number of rotatable bonds is 6. The van der Waals surface area contributed by atoms with Gasteiger partial charge in [0.05, 0.1) is 0 Å². The van der Waals surface area contributed by atoms with Gasteiger partial charge in [-0.2, -0.15) is 0 Å². The minimum absolute atomic E-state index is 0.0285. The molecule has 0 bridgehead atoms. The largest absolute Gasteiger partial charge is 0.396 e. The highest BCUT2D eigenvalue weighted by Gasteiger charge is 2.13. The van der Waals surface area contributed by atoms with E-state index >= 15 is 0 Å². The number of hydrogen-bond donors (Lipinski definition) is 3. The third-order valence-electron chi connectivity index (χ3n) is 3.18. The van der Waals surface area contributed by atoms with E-state index in [0.29, 0.717) is 0 Å². The van der Waals surface area contributed by atoms with E-state index in [-0.39, 0.29) is 24.6 Å². The summed E-state index contributed by atoms with van der Waals surface area (Å²) in [4.78, 5) is 13.9. The molecule has 0 radical (unpaired) electrons. The lowest BCUT2D eigenvalue weighted by Crippen LogP contribution is -2.40. The van der Waals surface area contributed by atoms with E-state index < -0.39 is 0 Å². The molecule has 20 heavy (non-hydrogen) atoms. The predicted molar refractivity (Wildman–Crippen MR) is 81.7 cm³/mol. The molecule has 0 aliphatic heterocycles. The molecule has 0 fully saturated rings. The molecule has 0 saturated carbocycles. The fourth-order valence-electron chi connectivity index (χ4n) is 1.79. The van der Waals surface area contributed by atoms with Crippen molar-refractivity contribution in [3.8, 4) is 0 Å². The third kappa shape index (κ3) is 5.59. The molecule has 0 aliphatic carbocycles. The van der Waals surface area contributed by atoms with E-state index in [1.807, 2.05) is 52.2 Å². The van der Waals surface area contributed by atoms with Crippen molar-refractivity contribution < 1.29 is 9.90 Å².